The molecule has 1 aliphatic carbocycles. The fourth-order valence-corrected chi connectivity index (χ4v) is 4.33. The number of alkyl halides is 2. The molecule has 0 bridgehead atoms. The number of ether oxygens (including phenoxy) is 1. The summed E-state index contributed by atoms with van der Waals surface area (Å²) in [4.78, 5) is 17.3. The van der Waals surface area contributed by atoms with Crippen LogP contribution in [-0.2, 0) is 11.3 Å². The molecule has 1 saturated carbocycles. The van der Waals surface area contributed by atoms with Crippen LogP contribution in [0.1, 0.15) is 42.5 Å². The standard InChI is InChI=1S/C20H24ClF2N3O3/c21-15-1-7-24-17-16(15)14(10-26(17)9-13-2-8-29-11-13)18(27)25-12-19(28)3-5-20(22,23)6-4-19/h1,7,10,13,28H,2-6,8-9,11-12H2,(H,25,27)/t13-/m1/s1. The monoisotopic (exact) mass is 427 g/mol. The molecule has 2 fully saturated rings. The second-order valence-electron chi connectivity index (χ2n) is 8.18. The first-order valence-electron chi connectivity index (χ1n) is 9.86. The molecule has 1 amide bonds. The van der Waals surface area contributed by atoms with Crippen molar-refractivity contribution in [2.45, 2.75) is 50.2 Å². The minimum atomic E-state index is -2.74. The van der Waals surface area contributed by atoms with Crippen LogP contribution >= 0.6 is 11.6 Å². The van der Waals surface area contributed by atoms with E-state index in [-0.39, 0.29) is 32.2 Å². The number of nitrogens with one attached hydrogen (secondary N) is 1. The summed E-state index contributed by atoms with van der Waals surface area (Å²) < 4.78 is 34.1. The molecule has 6 nitrogen and oxygen atoms in total. The van der Waals surface area contributed by atoms with Gasteiger partial charge in [0.05, 0.1) is 28.2 Å². The van der Waals surface area contributed by atoms with E-state index in [1.807, 2.05) is 4.57 Å². The number of carbonyl (C=O) groups is 1. The number of carbonyl (C=O) groups excluding carboxylic acids is 1. The zero-order valence-corrected chi connectivity index (χ0v) is 16.7. The highest BCUT2D eigenvalue weighted by molar-refractivity contribution is 6.36. The lowest BCUT2D eigenvalue weighted by molar-refractivity contribution is -0.101. The second-order valence-corrected chi connectivity index (χ2v) is 8.59. The van der Waals surface area contributed by atoms with Crippen molar-refractivity contribution in [2.24, 2.45) is 5.92 Å². The summed E-state index contributed by atoms with van der Waals surface area (Å²) in [5, 5.41) is 14.2. The van der Waals surface area contributed by atoms with E-state index in [0.717, 1.165) is 13.0 Å². The Morgan fingerprint density at radius 1 is 1.38 bits per heavy atom. The van der Waals surface area contributed by atoms with Gasteiger partial charge in [-0.15, -0.1) is 0 Å². The van der Waals surface area contributed by atoms with Crippen LogP contribution in [0.15, 0.2) is 18.5 Å². The molecule has 1 aliphatic heterocycles. The number of aliphatic hydroxyl groups is 1. The van der Waals surface area contributed by atoms with Crippen LogP contribution in [0, 0.1) is 5.92 Å². The van der Waals surface area contributed by atoms with Gasteiger partial charge in [0.25, 0.3) is 5.91 Å². The molecule has 0 unspecified atom stereocenters. The van der Waals surface area contributed by atoms with Crippen LogP contribution < -0.4 is 5.32 Å². The number of hydrogen-bond acceptors (Lipinski definition) is 4. The minimum Gasteiger partial charge on any atom is -0.388 e. The van der Waals surface area contributed by atoms with Gasteiger partial charge >= 0.3 is 0 Å². The first-order valence-corrected chi connectivity index (χ1v) is 10.2. The van der Waals surface area contributed by atoms with Crippen molar-refractivity contribution in [3.8, 4) is 0 Å². The molecule has 0 aromatic carbocycles. The fraction of sp³-hybridized carbons (Fsp3) is 0.600. The van der Waals surface area contributed by atoms with Crippen LogP contribution in [0.3, 0.4) is 0 Å². The predicted molar refractivity (Wildman–Crippen MR) is 104 cm³/mol. The van der Waals surface area contributed by atoms with Crippen LogP contribution in [-0.4, -0.2) is 51.8 Å². The van der Waals surface area contributed by atoms with Crippen molar-refractivity contribution < 1.29 is 23.4 Å². The lowest BCUT2D eigenvalue weighted by Gasteiger charge is -2.35. The summed E-state index contributed by atoms with van der Waals surface area (Å²) in [5.41, 5.74) is -0.341. The molecule has 4 rings (SSSR count). The third kappa shape index (κ3) is 4.39. The zero-order valence-electron chi connectivity index (χ0n) is 16.0. The van der Waals surface area contributed by atoms with Gasteiger partial charge in [-0.05, 0) is 25.3 Å². The molecule has 0 spiro atoms. The first-order chi connectivity index (χ1) is 13.8. The topological polar surface area (TPSA) is 76.4 Å². The largest absolute Gasteiger partial charge is 0.388 e. The Morgan fingerprint density at radius 3 is 2.83 bits per heavy atom. The summed E-state index contributed by atoms with van der Waals surface area (Å²) in [7, 11) is 0. The Morgan fingerprint density at radius 2 is 2.14 bits per heavy atom. The molecule has 3 heterocycles. The number of aromatic nitrogens is 2. The maximum Gasteiger partial charge on any atom is 0.253 e. The van der Waals surface area contributed by atoms with E-state index in [1.165, 1.54) is 0 Å². The summed E-state index contributed by atoms with van der Waals surface area (Å²) >= 11 is 6.35. The normalized spacial score (nSPS) is 23.4. The predicted octanol–water partition coefficient (Wildman–Crippen LogP) is 3.40. The van der Waals surface area contributed by atoms with Crippen LogP contribution in [0.4, 0.5) is 8.78 Å². The highest BCUT2D eigenvalue weighted by Crippen LogP contribution is 2.38. The zero-order chi connectivity index (χ0) is 20.6. The summed E-state index contributed by atoms with van der Waals surface area (Å²) in [6.45, 7) is 1.97. The summed E-state index contributed by atoms with van der Waals surface area (Å²) in [6, 6.07) is 1.63. The highest BCUT2D eigenvalue weighted by Gasteiger charge is 2.42. The van der Waals surface area contributed by atoms with Gasteiger partial charge in [-0.25, -0.2) is 13.8 Å². The Balaban J connectivity index is 1.52. The third-order valence-corrected chi connectivity index (χ3v) is 6.24. The van der Waals surface area contributed by atoms with E-state index in [1.54, 1.807) is 18.5 Å². The maximum atomic E-state index is 13.4. The molecular weight excluding hydrogens is 404 g/mol. The number of fused-ring (bicyclic) bond motifs is 1. The van der Waals surface area contributed by atoms with E-state index in [4.69, 9.17) is 16.3 Å². The lowest BCUT2D eigenvalue weighted by Crippen LogP contribution is -2.47. The van der Waals surface area contributed by atoms with E-state index < -0.39 is 17.4 Å². The van der Waals surface area contributed by atoms with Crippen molar-refractivity contribution in [2.75, 3.05) is 19.8 Å². The van der Waals surface area contributed by atoms with Gasteiger partial charge in [-0.2, -0.15) is 0 Å². The molecule has 1 atom stereocenters. The molecule has 2 N–H and O–H groups in total. The number of rotatable bonds is 5. The molecule has 2 aromatic rings. The quantitative estimate of drug-likeness (QED) is 0.766. The average Bonchev–Trinajstić information content (AvgIpc) is 3.32. The number of pyridine rings is 1. The van der Waals surface area contributed by atoms with Crippen molar-refractivity contribution in [3.63, 3.8) is 0 Å². The van der Waals surface area contributed by atoms with Gasteiger partial charge in [0.2, 0.25) is 5.92 Å². The van der Waals surface area contributed by atoms with Gasteiger partial charge < -0.3 is 19.7 Å². The maximum absolute atomic E-state index is 13.4. The van der Waals surface area contributed by atoms with Crippen molar-refractivity contribution in [1.29, 1.82) is 0 Å². The van der Waals surface area contributed by atoms with Crippen molar-refractivity contribution in [1.82, 2.24) is 14.9 Å². The third-order valence-electron chi connectivity index (χ3n) is 5.92. The Kier molecular flexibility index (Phi) is 5.52. The fourth-order valence-electron chi connectivity index (χ4n) is 4.09. The van der Waals surface area contributed by atoms with E-state index >= 15 is 0 Å². The Labute approximate surface area is 172 Å². The number of amides is 1. The average molecular weight is 428 g/mol. The molecule has 9 heteroatoms. The molecule has 0 radical (unpaired) electrons. The van der Waals surface area contributed by atoms with Gasteiger partial charge in [-0.1, -0.05) is 11.6 Å². The number of nitrogens with zero attached hydrogens (tertiary/aromatic N) is 2. The molecule has 158 valence electrons. The van der Waals surface area contributed by atoms with E-state index in [9.17, 15) is 18.7 Å². The Hall–Kier alpha value is -1.77. The smallest absolute Gasteiger partial charge is 0.253 e. The van der Waals surface area contributed by atoms with Crippen molar-refractivity contribution >= 4 is 28.5 Å². The number of hydrogen-bond donors (Lipinski definition) is 2. The van der Waals surface area contributed by atoms with Crippen LogP contribution in [0.5, 0.6) is 0 Å². The van der Waals surface area contributed by atoms with Gasteiger partial charge in [-0.3, -0.25) is 4.79 Å². The van der Waals surface area contributed by atoms with Crippen LogP contribution in [0.2, 0.25) is 5.02 Å². The highest BCUT2D eigenvalue weighted by atomic mass is 35.5. The minimum absolute atomic E-state index is 0.0496. The SMILES string of the molecule is O=C(NCC1(O)CCC(F)(F)CC1)c1cn(C[C@H]2CCOC2)c2nccc(Cl)c12. The summed E-state index contributed by atoms with van der Waals surface area (Å²) in [5.74, 6) is -2.81. The van der Waals surface area contributed by atoms with Crippen LogP contribution in [0.25, 0.3) is 11.0 Å². The van der Waals surface area contributed by atoms with Gasteiger partial charge in [0.15, 0.2) is 0 Å². The molecule has 1 saturated heterocycles. The van der Waals surface area contributed by atoms with E-state index in [0.29, 0.717) is 40.7 Å². The number of halogens is 3. The first kappa shape index (κ1) is 20.5. The second kappa shape index (κ2) is 7.81. The van der Waals surface area contributed by atoms with Gasteiger partial charge in [0, 0.05) is 50.8 Å². The van der Waals surface area contributed by atoms with Crippen molar-refractivity contribution in [3.05, 3.63) is 29.0 Å². The lowest BCUT2D eigenvalue weighted by atomic mass is 9.82. The van der Waals surface area contributed by atoms with Gasteiger partial charge in [0.1, 0.15) is 5.65 Å². The Bertz CT molecular complexity index is 902. The molecular formula is C20H24ClF2N3O3. The molecule has 29 heavy (non-hydrogen) atoms. The molecule has 2 aromatic heterocycles. The van der Waals surface area contributed by atoms with E-state index in [2.05, 4.69) is 10.3 Å². The summed E-state index contributed by atoms with van der Waals surface area (Å²) in [6.07, 6.45) is 3.41. The molecule has 2 aliphatic rings.